The first kappa shape index (κ1) is 20.4. The highest BCUT2D eigenvalue weighted by Gasteiger charge is 2.41. The van der Waals surface area contributed by atoms with E-state index in [9.17, 15) is 26.8 Å². The molecule has 1 aliphatic carbocycles. The number of hydrogen-bond acceptors (Lipinski definition) is 4. The minimum Gasteiger partial charge on any atom is -0.289 e. The third kappa shape index (κ3) is 3.46. The van der Waals surface area contributed by atoms with Crippen molar-refractivity contribution >= 4 is 20.9 Å². The van der Waals surface area contributed by atoms with Gasteiger partial charge in [-0.15, -0.1) is 0 Å². The van der Waals surface area contributed by atoms with E-state index in [2.05, 4.69) is 4.72 Å². The van der Waals surface area contributed by atoms with Gasteiger partial charge in [-0.25, -0.2) is 26.7 Å². The second-order valence-electron chi connectivity index (χ2n) is 7.78. The SMILES string of the molecule is Cn1c(=O)c2cc(S(=O)(=O)NC3(C)CC3)ccc2n(Cc2c(F)cccc2F)c1=O. The topological polar surface area (TPSA) is 90.2 Å². The van der Waals surface area contributed by atoms with Gasteiger partial charge in [0, 0.05) is 18.2 Å². The van der Waals surface area contributed by atoms with E-state index in [1.807, 2.05) is 0 Å². The number of aromatic nitrogens is 2. The molecule has 1 fully saturated rings. The Morgan fingerprint density at radius 3 is 2.33 bits per heavy atom. The molecule has 4 rings (SSSR count). The average molecular weight is 435 g/mol. The lowest BCUT2D eigenvalue weighted by Crippen LogP contribution is -2.39. The van der Waals surface area contributed by atoms with E-state index in [-0.39, 0.29) is 21.4 Å². The summed E-state index contributed by atoms with van der Waals surface area (Å²) >= 11 is 0. The fourth-order valence-corrected chi connectivity index (χ4v) is 4.80. The first-order valence-electron chi connectivity index (χ1n) is 9.23. The van der Waals surface area contributed by atoms with Crippen LogP contribution >= 0.6 is 0 Å². The Morgan fingerprint density at radius 2 is 1.73 bits per heavy atom. The highest BCUT2D eigenvalue weighted by Crippen LogP contribution is 2.36. The average Bonchev–Trinajstić information content (AvgIpc) is 3.40. The summed E-state index contributed by atoms with van der Waals surface area (Å²) in [6.45, 7) is 1.33. The maximum absolute atomic E-state index is 14.1. The van der Waals surface area contributed by atoms with Crippen molar-refractivity contribution in [2.45, 2.75) is 36.7 Å². The summed E-state index contributed by atoms with van der Waals surface area (Å²) < 4.78 is 58.0. The molecular formula is C20H19F2N3O4S. The highest BCUT2D eigenvalue weighted by atomic mass is 32.2. The molecule has 0 saturated heterocycles. The van der Waals surface area contributed by atoms with Gasteiger partial charge in [-0.1, -0.05) is 6.07 Å². The fraction of sp³-hybridized carbons (Fsp3) is 0.300. The molecule has 1 aromatic heterocycles. The molecule has 1 aliphatic rings. The van der Waals surface area contributed by atoms with Gasteiger partial charge in [0.2, 0.25) is 10.0 Å². The predicted octanol–water partition coefficient (Wildman–Crippen LogP) is 1.86. The maximum Gasteiger partial charge on any atom is 0.331 e. The minimum atomic E-state index is -3.88. The Bertz CT molecular complexity index is 1390. The molecule has 0 bridgehead atoms. The van der Waals surface area contributed by atoms with Crippen molar-refractivity contribution in [3.05, 3.63) is 74.4 Å². The highest BCUT2D eigenvalue weighted by molar-refractivity contribution is 7.89. The molecule has 10 heteroatoms. The number of halogens is 2. The Labute approximate surface area is 170 Å². The molecule has 1 heterocycles. The summed E-state index contributed by atoms with van der Waals surface area (Å²) in [5.41, 5.74) is -2.22. The summed E-state index contributed by atoms with van der Waals surface area (Å²) in [7, 11) is -2.65. The molecule has 0 radical (unpaired) electrons. The van der Waals surface area contributed by atoms with Crippen LogP contribution in [0, 0.1) is 11.6 Å². The predicted molar refractivity (Wildman–Crippen MR) is 107 cm³/mol. The Morgan fingerprint density at radius 1 is 1.10 bits per heavy atom. The summed E-state index contributed by atoms with van der Waals surface area (Å²) in [6.07, 6.45) is 1.44. The van der Waals surface area contributed by atoms with Gasteiger partial charge in [-0.05, 0) is 50.1 Å². The van der Waals surface area contributed by atoms with Crippen LogP contribution in [0.4, 0.5) is 8.78 Å². The molecule has 1 saturated carbocycles. The van der Waals surface area contributed by atoms with E-state index >= 15 is 0 Å². The van der Waals surface area contributed by atoms with Crippen molar-refractivity contribution < 1.29 is 17.2 Å². The fourth-order valence-electron chi connectivity index (χ4n) is 3.31. The van der Waals surface area contributed by atoms with Gasteiger partial charge < -0.3 is 0 Å². The smallest absolute Gasteiger partial charge is 0.289 e. The molecule has 30 heavy (non-hydrogen) atoms. The van der Waals surface area contributed by atoms with E-state index in [0.717, 1.165) is 34.1 Å². The number of sulfonamides is 1. The van der Waals surface area contributed by atoms with Gasteiger partial charge in [0.25, 0.3) is 5.56 Å². The van der Waals surface area contributed by atoms with Crippen LogP contribution in [0.3, 0.4) is 0 Å². The third-order valence-electron chi connectivity index (χ3n) is 5.38. The van der Waals surface area contributed by atoms with Crippen LogP contribution in [0.2, 0.25) is 0 Å². The standard InChI is InChI=1S/C20H19F2N3O4S/c1-20(8-9-20)23-30(28,29)12-6-7-17-13(10-12)18(26)24(2)19(27)25(17)11-14-15(21)4-3-5-16(14)22/h3-7,10,23H,8-9,11H2,1-2H3. The number of nitrogens with zero attached hydrogens (tertiary/aromatic N) is 2. The van der Waals surface area contributed by atoms with E-state index in [4.69, 9.17) is 0 Å². The Kier molecular flexibility index (Phi) is 4.66. The normalized spacial score (nSPS) is 15.5. The molecule has 2 aromatic carbocycles. The van der Waals surface area contributed by atoms with Crippen molar-refractivity contribution in [3.63, 3.8) is 0 Å². The van der Waals surface area contributed by atoms with E-state index in [1.54, 1.807) is 6.92 Å². The summed E-state index contributed by atoms with van der Waals surface area (Å²) in [6, 6.07) is 7.11. The number of rotatable bonds is 5. The Balaban J connectivity index is 1.90. The molecule has 0 spiro atoms. The molecule has 0 unspecified atom stereocenters. The Hall–Kier alpha value is -2.85. The summed E-state index contributed by atoms with van der Waals surface area (Å²) in [5.74, 6) is -1.66. The van der Waals surface area contributed by atoms with Gasteiger partial charge in [-0.2, -0.15) is 0 Å². The monoisotopic (exact) mass is 435 g/mol. The molecule has 0 amide bonds. The van der Waals surface area contributed by atoms with Gasteiger partial charge in [-0.3, -0.25) is 13.9 Å². The minimum absolute atomic E-state index is 0.0438. The lowest BCUT2D eigenvalue weighted by molar-refractivity contribution is 0.538. The van der Waals surface area contributed by atoms with Crippen molar-refractivity contribution in [2.24, 2.45) is 7.05 Å². The number of nitrogens with one attached hydrogen (secondary N) is 1. The lowest BCUT2D eigenvalue weighted by Gasteiger charge is -2.15. The van der Waals surface area contributed by atoms with Crippen LogP contribution in [0.1, 0.15) is 25.3 Å². The second-order valence-corrected chi connectivity index (χ2v) is 9.46. The quantitative estimate of drug-likeness (QED) is 0.663. The zero-order valence-corrected chi connectivity index (χ0v) is 17.1. The van der Waals surface area contributed by atoms with Gasteiger partial charge >= 0.3 is 5.69 Å². The van der Waals surface area contributed by atoms with Crippen molar-refractivity contribution in [3.8, 4) is 0 Å². The first-order valence-corrected chi connectivity index (χ1v) is 10.7. The van der Waals surface area contributed by atoms with E-state index in [0.29, 0.717) is 0 Å². The van der Waals surface area contributed by atoms with Gasteiger partial charge in [0.1, 0.15) is 11.6 Å². The second kappa shape index (κ2) is 6.85. The third-order valence-corrected chi connectivity index (χ3v) is 7.02. The van der Waals surface area contributed by atoms with E-state index < -0.39 is 45.0 Å². The van der Waals surface area contributed by atoms with Crippen molar-refractivity contribution in [1.29, 1.82) is 0 Å². The number of benzene rings is 2. The van der Waals surface area contributed by atoms with Crippen LogP contribution in [0.5, 0.6) is 0 Å². The van der Waals surface area contributed by atoms with Crippen molar-refractivity contribution in [2.75, 3.05) is 0 Å². The maximum atomic E-state index is 14.1. The van der Waals surface area contributed by atoms with Crippen LogP contribution in [0.25, 0.3) is 10.9 Å². The zero-order valence-electron chi connectivity index (χ0n) is 16.3. The molecule has 3 aromatic rings. The van der Waals surface area contributed by atoms with E-state index in [1.165, 1.54) is 31.3 Å². The summed E-state index contributed by atoms with van der Waals surface area (Å²) in [5, 5.41) is -0.0438. The van der Waals surface area contributed by atoms with Gasteiger partial charge in [0.05, 0.1) is 22.3 Å². The van der Waals surface area contributed by atoms with Crippen LogP contribution in [-0.4, -0.2) is 23.1 Å². The molecular weight excluding hydrogens is 416 g/mol. The van der Waals surface area contributed by atoms with Crippen LogP contribution < -0.4 is 16.0 Å². The number of hydrogen-bond donors (Lipinski definition) is 1. The van der Waals surface area contributed by atoms with Gasteiger partial charge in [0.15, 0.2) is 0 Å². The van der Waals surface area contributed by atoms with Crippen LogP contribution in [0.15, 0.2) is 50.9 Å². The molecule has 1 N–H and O–H groups in total. The number of fused-ring (bicyclic) bond motifs is 1. The summed E-state index contributed by atoms with van der Waals surface area (Å²) in [4.78, 5) is 25.2. The molecule has 158 valence electrons. The lowest BCUT2D eigenvalue weighted by atomic mass is 10.1. The molecule has 0 aliphatic heterocycles. The van der Waals surface area contributed by atoms with Crippen molar-refractivity contribution in [1.82, 2.24) is 13.9 Å². The largest absolute Gasteiger partial charge is 0.331 e. The molecule has 0 atom stereocenters. The molecule has 7 nitrogen and oxygen atoms in total. The first-order chi connectivity index (χ1) is 14.0. The zero-order chi connectivity index (χ0) is 21.8. The van der Waals surface area contributed by atoms with Crippen LogP contribution in [-0.2, 0) is 23.6 Å².